The fourth-order valence-corrected chi connectivity index (χ4v) is 4.57. The van der Waals surface area contributed by atoms with E-state index in [1.54, 1.807) is 10.6 Å². The van der Waals surface area contributed by atoms with E-state index in [0.717, 1.165) is 73.5 Å². The maximum atomic E-state index is 13.4. The van der Waals surface area contributed by atoms with Crippen molar-refractivity contribution in [1.29, 1.82) is 0 Å². The molecule has 1 saturated heterocycles. The molecular weight excluding hydrogens is 383 g/mol. The highest BCUT2D eigenvalue weighted by atomic mass is 19.1. The number of rotatable bonds is 6. The van der Waals surface area contributed by atoms with Crippen LogP contribution in [0.4, 0.5) is 4.39 Å². The molecule has 1 fully saturated rings. The molecule has 1 aliphatic heterocycles. The number of piperidine rings is 1. The first-order chi connectivity index (χ1) is 14.5. The van der Waals surface area contributed by atoms with Crippen LogP contribution in [0, 0.1) is 12.7 Å². The van der Waals surface area contributed by atoms with Gasteiger partial charge >= 0.3 is 0 Å². The Bertz CT molecular complexity index is 1100. The van der Waals surface area contributed by atoms with Gasteiger partial charge in [0.2, 0.25) is 0 Å². The Morgan fingerprint density at radius 2 is 2.00 bits per heavy atom. The van der Waals surface area contributed by atoms with Crippen LogP contribution >= 0.6 is 0 Å². The third-order valence-electron chi connectivity index (χ3n) is 6.30. The lowest BCUT2D eigenvalue weighted by atomic mass is 9.91. The van der Waals surface area contributed by atoms with Crippen molar-refractivity contribution in [2.75, 3.05) is 19.6 Å². The third kappa shape index (κ3) is 3.90. The van der Waals surface area contributed by atoms with Gasteiger partial charge in [0.15, 0.2) is 5.58 Å². The average Bonchev–Trinajstić information content (AvgIpc) is 3.16. The molecule has 0 aliphatic carbocycles. The molecule has 0 N–H and O–H groups in total. The van der Waals surface area contributed by atoms with E-state index in [-0.39, 0.29) is 11.4 Å². The van der Waals surface area contributed by atoms with Gasteiger partial charge in [-0.2, -0.15) is 0 Å². The normalized spacial score (nSPS) is 15.9. The standard InChI is InChI=1S/C23H29FN4O2/c1-4-21-25-15(3)18(23(29)28(21)5-2)10-13-27-11-8-16(9-12-27)22-19-7-6-17(24)14-20(19)30-26-22/h6-7,14,16H,4-5,8-13H2,1-3H3. The highest BCUT2D eigenvalue weighted by molar-refractivity contribution is 5.79. The number of nitrogens with zero attached hydrogens (tertiary/aromatic N) is 4. The number of hydrogen-bond donors (Lipinski definition) is 0. The summed E-state index contributed by atoms with van der Waals surface area (Å²) in [5, 5.41) is 5.13. The van der Waals surface area contributed by atoms with E-state index in [4.69, 9.17) is 4.52 Å². The Labute approximate surface area is 175 Å². The molecule has 0 radical (unpaired) electrons. The Kier molecular flexibility index (Phi) is 5.99. The first kappa shape index (κ1) is 20.7. The Balaban J connectivity index is 1.40. The zero-order valence-corrected chi connectivity index (χ0v) is 17.9. The molecule has 0 unspecified atom stereocenters. The van der Waals surface area contributed by atoms with Crippen molar-refractivity contribution in [3.63, 3.8) is 0 Å². The summed E-state index contributed by atoms with van der Waals surface area (Å²) in [6.07, 6.45) is 3.44. The van der Waals surface area contributed by atoms with E-state index in [1.165, 1.54) is 12.1 Å². The molecule has 3 heterocycles. The third-order valence-corrected chi connectivity index (χ3v) is 6.30. The van der Waals surface area contributed by atoms with Crippen LogP contribution in [0.25, 0.3) is 11.0 Å². The Hall–Kier alpha value is -2.54. The highest BCUT2D eigenvalue weighted by Crippen LogP contribution is 2.32. The van der Waals surface area contributed by atoms with Crippen LogP contribution in [-0.2, 0) is 19.4 Å². The van der Waals surface area contributed by atoms with Gasteiger partial charge in [0, 0.05) is 48.1 Å². The molecule has 0 bridgehead atoms. The van der Waals surface area contributed by atoms with E-state index in [1.807, 2.05) is 20.8 Å². The summed E-state index contributed by atoms with van der Waals surface area (Å²) in [5.41, 5.74) is 3.25. The molecule has 0 amide bonds. The number of aryl methyl sites for hydroxylation is 2. The molecule has 160 valence electrons. The summed E-state index contributed by atoms with van der Waals surface area (Å²) in [7, 11) is 0. The maximum absolute atomic E-state index is 13.4. The fourth-order valence-electron chi connectivity index (χ4n) is 4.57. The molecule has 0 spiro atoms. The maximum Gasteiger partial charge on any atom is 0.256 e. The molecular formula is C23H29FN4O2. The van der Waals surface area contributed by atoms with Crippen molar-refractivity contribution in [3.8, 4) is 0 Å². The molecule has 30 heavy (non-hydrogen) atoms. The van der Waals surface area contributed by atoms with Gasteiger partial charge in [-0.05, 0) is 58.3 Å². The minimum atomic E-state index is -0.307. The van der Waals surface area contributed by atoms with E-state index in [9.17, 15) is 9.18 Å². The molecule has 0 saturated carbocycles. The average molecular weight is 413 g/mol. The minimum absolute atomic E-state index is 0.109. The lowest BCUT2D eigenvalue weighted by molar-refractivity contribution is 0.211. The van der Waals surface area contributed by atoms with Crippen molar-refractivity contribution in [1.82, 2.24) is 19.6 Å². The zero-order chi connectivity index (χ0) is 21.3. The van der Waals surface area contributed by atoms with Gasteiger partial charge in [0.25, 0.3) is 5.56 Å². The summed E-state index contributed by atoms with van der Waals surface area (Å²) in [4.78, 5) is 20.0. The van der Waals surface area contributed by atoms with Crippen molar-refractivity contribution in [3.05, 3.63) is 57.1 Å². The minimum Gasteiger partial charge on any atom is -0.356 e. The highest BCUT2D eigenvalue weighted by Gasteiger charge is 2.25. The van der Waals surface area contributed by atoms with Gasteiger partial charge in [0.1, 0.15) is 11.6 Å². The van der Waals surface area contributed by atoms with Gasteiger partial charge in [-0.3, -0.25) is 9.36 Å². The molecule has 4 rings (SSSR count). The lowest BCUT2D eigenvalue weighted by Crippen LogP contribution is -2.36. The number of likely N-dealkylation sites (tertiary alicyclic amines) is 1. The van der Waals surface area contributed by atoms with Crippen LogP contribution in [-0.4, -0.2) is 39.2 Å². The van der Waals surface area contributed by atoms with E-state index < -0.39 is 0 Å². The SMILES string of the molecule is CCc1nc(C)c(CCN2CCC(c3noc4cc(F)ccc34)CC2)c(=O)n1CC. The van der Waals surface area contributed by atoms with Crippen LogP contribution in [0.15, 0.2) is 27.5 Å². The molecule has 2 aromatic heterocycles. The molecule has 1 aliphatic rings. The first-order valence-corrected chi connectivity index (χ1v) is 10.9. The van der Waals surface area contributed by atoms with Gasteiger partial charge in [0.05, 0.1) is 5.69 Å². The van der Waals surface area contributed by atoms with Gasteiger partial charge in [-0.25, -0.2) is 9.37 Å². The first-order valence-electron chi connectivity index (χ1n) is 10.9. The van der Waals surface area contributed by atoms with Crippen LogP contribution in [0.1, 0.15) is 55.4 Å². The summed E-state index contributed by atoms with van der Waals surface area (Å²) in [6.45, 7) is 9.37. The monoisotopic (exact) mass is 412 g/mol. The Morgan fingerprint density at radius 1 is 1.23 bits per heavy atom. The topological polar surface area (TPSA) is 64.2 Å². The predicted octanol–water partition coefficient (Wildman–Crippen LogP) is 3.84. The second-order valence-corrected chi connectivity index (χ2v) is 8.07. The van der Waals surface area contributed by atoms with E-state index in [0.29, 0.717) is 18.0 Å². The van der Waals surface area contributed by atoms with Crippen molar-refractivity contribution in [2.45, 2.75) is 58.9 Å². The fraction of sp³-hybridized carbons (Fsp3) is 0.522. The van der Waals surface area contributed by atoms with Crippen LogP contribution in [0.3, 0.4) is 0 Å². The largest absolute Gasteiger partial charge is 0.356 e. The van der Waals surface area contributed by atoms with Crippen molar-refractivity contribution in [2.24, 2.45) is 0 Å². The molecule has 6 nitrogen and oxygen atoms in total. The molecule has 0 atom stereocenters. The molecule has 7 heteroatoms. The van der Waals surface area contributed by atoms with Crippen LogP contribution in [0.5, 0.6) is 0 Å². The van der Waals surface area contributed by atoms with Crippen LogP contribution < -0.4 is 5.56 Å². The van der Waals surface area contributed by atoms with Crippen molar-refractivity contribution < 1.29 is 8.91 Å². The van der Waals surface area contributed by atoms with E-state index >= 15 is 0 Å². The van der Waals surface area contributed by atoms with E-state index in [2.05, 4.69) is 15.0 Å². The summed E-state index contributed by atoms with van der Waals surface area (Å²) in [6, 6.07) is 4.61. The number of benzene rings is 1. The van der Waals surface area contributed by atoms with Gasteiger partial charge < -0.3 is 9.42 Å². The quantitative estimate of drug-likeness (QED) is 0.616. The second kappa shape index (κ2) is 8.68. The summed E-state index contributed by atoms with van der Waals surface area (Å²) in [5.74, 6) is 0.876. The number of aromatic nitrogens is 3. The zero-order valence-electron chi connectivity index (χ0n) is 17.9. The smallest absolute Gasteiger partial charge is 0.256 e. The second-order valence-electron chi connectivity index (χ2n) is 8.07. The number of fused-ring (bicyclic) bond motifs is 1. The number of halogens is 1. The van der Waals surface area contributed by atoms with Gasteiger partial charge in [-0.15, -0.1) is 0 Å². The van der Waals surface area contributed by atoms with Gasteiger partial charge in [-0.1, -0.05) is 12.1 Å². The summed E-state index contributed by atoms with van der Waals surface area (Å²) < 4.78 is 20.5. The predicted molar refractivity (Wildman–Crippen MR) is 114 cm³/mol. The lowest BCUT2D eigenvalue weighted by Gasteiger charge is -2.31. The molecule has 3 aromatic rings. The van der Waals surface area contributed by atoms with Crippen LogP contribution in [0.2, 0.25) is 0 Å². The van der Waals surface area contributed by atoms with Crippen molar-refractivity contribution >= 4 is 11.0 Å². The number of hydrogen-bond acceptors (Lipinski definition) is 5. The Morgan fingerprint density at radius 3 is 2.70 bits per heavy atom. The molecule has 1 aromatic carbocycles. The summed E-state index contributed by atoms with van der Waals surface area (Å²) >= 11 is 0.